The van der Waals surface area contributed by atoms with Gasteiger partial charge < -0.3 is 15.0 Å². The number of ether oxygens (including phenoxy) is 1. The Morgan fingerprint density at radius 3 is 2.40 bits per heavy atom. The third-order valence-electron chi connectivity index (χ3n) is 4.29. The summed E-state index contributed by atoms with van der Waals surface area (Å²) in [7, 11) is 0. The van der Waals surface area contributed by atoms with E-state index >= 15 is 0 Å². The average molecular weight is 283 g/mol. The Morgan fingerprint density at radius 2 is 1.90 bits per heavy atom. The molecule has 5 heteroatoms. The van der Waals surface area contributed by atoms with Gasteiger partial charge in [0.25, 0.3) is 0 Å². The zero-order chi connectivity index (χ0) is 14.6. The van der Waals surface area contributed by atoms with E-state index < -0.39 is 0 Å². The van der Waals surface area contributed by atoms with Gasteiger partial charge in [-0.2, -0.15) is 0 Å². The topological polar surface area (TPSA) is 44.8 Å². The van der Waals surface area contributed by atoms with Crippen molar-refractivity contribution >= 4 is 5.91 Å². The lowest BCUT2D eigenvalue weighted by molar-refractivity contribution is -0.147. The largest absolute Gasteiger partial charge is 0.363 e. The van der Waals surface area contributed by atoms with E-state index in [1.54, 1.807) is 0 Å². The van der Waals surface area contributed by atoms with Crippen LogP contribution in [-0.2, 0) is 9.53 Å². The Labute approximate surface area is 122 Å². The van der Waals surface area contributed by atoms with Crippen LogP contribution in [0.3, 0.4) is 0 Å². The minimum Gasteiger partial charge on any atom is -0.363 e. The molecule has 0 spiro atoms. The van der Waals surface area contributed by atoms with Crippen LogP contribution in [0, 0.1) is 5.92 Å². The van der Waals surface area contributed by atoms with Gasteiger partial charge in [0.15, 0.2) is 0 Å². The van der Waals surface area contributed by atoms with Crippen molar-refractivity contribution < 1.29 is 9.53 Å². The van der Waals surface area contributed by atoms with Crippen LogP contribution in [0.5, 0.6) is 0 Å². The molecular weight excluding hydrogens is 254 g/mol. The molecule has 0 aromatic heterocycles. The van der Waals surface area contributed by atoms with Crippen molar-refractivity contribution in [3.8, 4) is 0 Å². The van der Waals surface area contributed by atoms with E-state index in [0.717, 1.165) is 51.7 Å². The average Bonchev–Trinajstić information content (AvgIpc) is 2.41. The molecule has 0 aliphatic carbocycles. The van der Waals surface area contributed by atoms with Crippen LogP contribution in [-0.4, -0.2) is 73.7 Å². The number of nitrogens with zero attached hydrogens (tertiary/aromatic N) is 2. The molecule has 2 heterocycles. The van der Waals surface area contributed by atoms with Crippen LogP contribution in [0.1, 0.15) is 27.2 Å². The fourth-order valence-electron chi connectivity index (χ4n) is 2.57. The number of hydrogen-bond donors (Lipinski definition) is 1. The minimum atomic E-state index is -0.130. The third-order valence-corrected chi connectivity index (χ3v) is 4.29. The summed E-state index contributed by atoms with van der Waals surface area (Å²) >= 11 is 0. The molecule has 0 aromatic carbocycles. The summed E-state index contributed by atoms with van der Waals surface area (Å²) in [6.07, 6.45) is 1.24. The summed E-state index contributed by atoms with van der Waals surface area (Å²) in [6, 6.07) is 0. The van der Waals surface area contributed by atoms with Gasteiger partial charge in [-0.15, -0.1) is 0 Å². The molecule has 1 N–H and O–H groups in total. The van der Waals surface area contributed by atoms with Crippen LogP contribution in [0.2, 0.25) is 0 Å². The van der Waals surface area contributed by atoms with Crippen molar-refractivity contribution in [2.75, 3.05) is 52.4 Å². The van der Waals surface area contributed by atoms with Gasteiger partial charge in [0.05, 0.1) is 5.60 Å². The monoisotopic (exact) mass is 283 g/mol. The van der Waals surface area contributed by atoms with Crippen molar-refractivity contribution in [2.45, 2.75) is 32.8 Å². The predicted molar refractivity (Wildman–Crippen MR) is 79.7 cm³/mol. The lowest BCUT2D eigenvalue weighted by Crippen LogP contribution is -2.60. The van der Waals surface area contributed by atoms with E-state index in [9.17, 15) is 4.79 Å². The van der Waals surface area contributed by atoms with Crippen LogP contribution in [0.4, 0.5) is 0 Å². The second-order valence-electron chi connectivity index (χ2n) is 6.75. The highest BCUT2D eigenvalue weighted by molar-refractivity contribution is 5.77. The van der Waals surface area contributed by atoms with Crippen molar-refractivity contribution in [1.29, 1.82) is 0 Å². The molecule has 0 unspecified atom stereocenters. The van der Waals surface area contributed by atoms with Crippen LogP contribution >= 0.6 is 0 Å². The molecule has 0 atom stereocenters. The van der Waals surface area contributed by atoms with E-state index in [2.05, 4.69) is 31.0 Å². The summed E-state index contributed by atoms with van der Waals surface area (Å²) in [5.74, 6) is 0.890. The van der Waals surface area contributed by atoms with E-state index in [4.69, 9.17) is 4.74 Å². The Kier molecular flexibility index (Phi) is 5.41. The summed E-state index contributed by atoms with van der Waals surface area (Å²) < 4.78 is 5.72. The van der Waals surface area contributed by atoms with Crippen molar-refractivity contribution in [3.63, 3.8) is 0 Å². The molecule has 2 aliphatic rings. The molecule has 5 nitrogen and oxygen atoms in total. The highest BCUT2D eigenvalue weighted by Crippen LogP contribution is 2.15. The molecule has 2 fully saturated rings. The Morgan fingerprint density at radius 1 is 1.25 bits per heavy atom. The lowest BCUT2D eigenvalue weighted by atomic mass is 10.0. The van der Waals surface area contributed by atoms with Gasteiger partial charge in [0.2, 0.25) is 5.91 Å². The molecule has 20 heavy (non-hydrogen) atoms. The first kappa shape index (κ1) is 15.7. The highest BCUT2D eigenvalue weighted by atomic mass is 16.5. The first-order valence-corrected chi connectivity index (χ1v) is 7.83. The Bertz CT molecular complexity index is 321. The second kappa shape index (κ2) is 6.87. The van der Waals surface area contributed by atoms with Gasteiger partial charge in [-0.3, -0.25) is 9.69 Å². The van der Waals surface area contributed by atoms with Gasteiger partial charge in [-0.25, -0.2) is 0 Å². The molecule has 0 aromatic rings. The Balaban J connectivity index is 1.64. The van der Waals surface area contributed by atoms with Crippen LogP contribution in [0.25, 0.3) is 0 Å². The summed E-state index contributed by atoms with van der Waals surface area (Å²) in [5, 5.41) is 3.18. The SMILES string of the molecule is CC(C)CCN1CCN(C(=O)COC2(C)CNC2)CC1. The van der Waals surface area contributed by atoms with Gasteiger partial charge >= 0.3 is 0 Å². The molecule has 2 aliphatic heterocycles. The predicted octanol–water partition coefficient (Wildman–Crippen LogP) is 0.555. The standard InChI is InChI=1S/C15H29N3O2/c1-13(2)4-5-17-6-8-18(9-7-17)14(19)10-20-15(3)11-16-12-15/h13,16H,4-12H2,1-3H3. The van der Waals surface area contributed by atoms with E-state index in [0.29, 0.717) is 0 Å². The summed E-state index contributed by atoms with van der Waals surface area (Å²) in [6.45, 7) is 13.3. The van der Waals surface area contributed by atoms with Crippen LogP contribution in [0.15, 0.2) is 0 Å². The minimum absolute atomic E-state index is 0.130. The number of carbonyl (C=O) groups is 1. The molecule has 0 bridgehead atoms. The maximum Gasteiger partial charge on any atom is 0.248 e. The molecular formula is C15H29N3O2. The van der Waals surface area contributed by atoms with Gasteiger partial charge in [0, 0.05) is 39.3 Å². The molecule has 0 radical (unpaired) electrons. The molecule has 0 saturated carbocycles. The normalized spacial score (nSPS) is 22.9. The van der Waals surface area contributed by atoms with Crippen molar-refractivity contribution in [2.24, 2.45) is 5.92 Å². The maximum absolute atomic E-state index is 12.1. The first-order chi connectivity index (χ1) is 9.48. The molecule has 2 saturated heterocycles. The third kappa shape index (κ3) is 4.43. The number of carbonyl (C=O) groups excluding carboxylic acids is 1. The lowest BCUT2D eigenvalue weighted by Gasteiger charge is -2.40. The quantitative estimate of drug-likeness (QED) is 0.773. The van der Waals surface area contributed by atoms with Gasteiger partial charge in [0.1, 0.15) is 6.61 Å². The second-order valence-corrected chi connectivity index (χ2v) is 6.75. The smallest absolute Gasteiger partial charge is 0.248 e. The van der Waals surface area contributed by atoms with Crippen molar-refractivity contribution in [3.05, 3.63) is 0 Å². The summed E-state index contributed by atoms with van der Waals surface area (Å²) in [4.78, 5) is 16.5. The fraction of sp³-hybridized carbons (Fsp3) is 0.933. The first-order valence-electron chi connectivity index (χ1n) is 7.83. The van der Waals surface area contributed by atoms with E-state index in [1.807, 2.05) is 4.90 Å². The van der Waals surface area contributed by atoms with E-state index in [-0.39, 0.29) is 18.1 Å². The zero-order valence-electron chi connectivity index (χ0n) is 13.2. The maximum atomic E-state index is 12.1. The fourth-order valence-corrected chi connectivity index (χ4v) is 2.57. The zero-order valence-corrected chi connectivity index (χ0v) is 13.2. The number of rotatable bonds is 6. The van der Waals surface area contributed by atoms with Crippen molar-refractivity contribution in [1.82, 2.24) is 15.1 Å². The number of hydrogen-bond acceptors (Lipinski definition) is 4. The van der Waals surface area contributed by atoms with Gasteiger partial charge in [-0.05, 0) is 25.8 Å². The number of amides is 1. The summed E-state index contributed by atoms with van der Waals surface area (Å²) in [5.41, 5.74) is -0.130. The van der Waals surface area contributed by atoms with Gasteiger partial charge in [-0.1, -0.05) is 13.8 Å². The molecule has 2 rings (SSSR count). The number of piperazine rings is 1. The van der Waals surface area contributed by atoms with Crippen LogP contribution < -0.4 is 5.32 Å². The molecule has 1 amide bonds. The molecule has 116 valence electrons. The highest BCUT2D eigenvalue weighted by Gasteiger charge is 2.33. The van der Waals surface area contributed by atoms with E-state index in [1.165, 1.54) is 6.42 Å². The number of nitrogens with one attached hydrogen (secondary N) is 1. The Hall–Kier alpha value is -0.650.